The summed E-state index contributed by atoms with van der Waals surface area (Å²) in [6.07, 6.45) is -11.4. The SMILES string of the molecule is O=C1O[C@H](CO)[C@@H](O)[C@@H]2OC(=O)c3c(c(O)c(O)c(O)c3-c3c(O)c(O)c(O)c4c3C(=O)O[C@H]2[C@@H]4O)-c2c1cc(O)c(O)c2O. The first-order valence-corrected chi connectivity index (χ1v) is 12.6. The van der Waals surface area contributed by atoms with E-state index < -0.39 is 151 Å². The van der Waals surface area contributed by atoms with Gasteiger partial charge >= 0.3 is 17.9 Å². The molecule has 0 fully saturated rings. The first kappa shape index (κ1) is 29.2. The Morgan fingerprint density at radius 3 is 1.62 bits per heavy atom. The topological polar surface area (TPSA) is 322 Å². The van der Waals surface area contributed by atoms with E-state index in [0.717, 1.165) is 0 Å². The van der Waals surface area contributed by atoms with Crippen LogP contribution in [0.15, 0.2) is 6.07 Å². The number of phenolic OH excluding ortho intramolecular Hbond substituents is 9. The highest BCUT2D eigenvalue weighted by Gasteiger charge is 2.53. The summed E-state index contributed by atoms with van der Waals surface area (Å²) < 4.78 is 15.7. The highest BCUT2D eigenvalue weighted by atomic mass is 16.6. The van der Waals surface area contributed by atoms with Crippen LogP contribution >= 0.6 is 0 Å². The van der Waals surface area contributed by atoms with Crippen molar-refractivity contribution in [1.82, 2.24) is 0 Å². The molecule has 0 amide bonds. The summed E-state index contributed by atoms with van der Waals surface area (Å²) in [7, 11) is 0. The molecule has 4 aliphatic rings. The normalized spacial score (nSPS) is 23.4. The van der Waals surface area contributed by atoms with E-state index in [-0.39, 0.29) is 0 Å². The summed E-state index contributed by atoms with van der Waals surface area (Å²) in [6.45, 7) is -1.26. The molecule has 0 radical (unpaired) electrons. The molecule has 18 nitrogen and oxygen atoms in total. The fraction of sp³-hybridized carbons (Fsp3) is 0.222. The van der Waals surface area contributed by atoms with Gasteiger partial charge in [0, 0.05) is 27.8 Å². The van der Waals surface area contributed by atoms with E-state index in [1.807, 2.05) is 0 Å². The monoisotopic (exact) mass is 632 g/mol. The van der Waals surface area contributed by atoms with Gasteiger partial charge in [0.15, 0.2) is 52.8 Å². The Balaban J connectivity index is 1.94. The zero-order valence-electron chi connectivity index (χ0n) is 22.0. The van der Waals surface area contributed by atoms with Crippen LogP contribution in [0.4, 0.5) is 0 Å². The van der Waals surface area contributed by atoms with Crippen molar-refractivity contribution in [2.24, 2.45) is 0 Å². The summed E-state index contributed by atoms with van der Waals surface area (Å²) in [5.41, 5.74) is -8.73. The van der Waals surface area contributed by atoms with E-state index in [4.69, 9.17) is 14.2 Å². The molecule has 4 heterocycles. The smallest absolute Gasteiger partial charge is 0.340 e. The lowest BCUT2D eigenvalue weighted by molar-refractivity contribution is -0.152. The van der Waals surface area contributed by atoms with E-state index in [1.54, 1.807) is 0 Å². The predicted octanol–water partition coefficient (Wildman–Crippen LogP) is -0.625. The predicted molar refractivity (Wildman–Crippen MR) is 138 cm³/mol. The standard InChI is InChI=1S/C27H20O18/c28-2-5-14(31)23-24-20(37)12-11(27(42)45-24)9(18(35)22(39)19(12)36)8-10(26(41)44-23)7(16(33)21(38)17(8)34)6-3(25(40)43-5)1-4(29)13(30)15(6)32/h1,5,14,20,23-24,28-39H,2H2/t5-,14-,20-,23+,24+/m1/s1. The van der Waals surface area contributed by atoms with Crippen LogP contribution in [0.2, 0.25) is 0 Å². The number of aliphatic hydroxyl groups is 3. The zero-order chi connectivity index (χ0) is 33.0. The van der Waals surface area contributed by atoms with Crippen LogP contribution in [-0.2, 0) is 14.2 Å². The first-order chi connectivity index (χ1) is 21.1. The van der Waals surface area contributed by atoms with Gasteiger partial charge in [0.05, 0.1) is 23.3 Å². The fourth-order valence-corrected chi connectivity index (χ4v) is 5.73. The maximum absolute atomic E-state index is 14.0. The van der Waals surface area contributed by atoms with E-state index in [9.17, 15) is 75.7 Å². The zero-order valence-corrected chi connectivity index (χ0v) is 22.0. The number of phenols is 9. The van der Waals surface area contributed by atoms with Crippen LogP contribution in [0, 0.1) is 0 Å². The van der Waals surface area contributed by atoms with Crippen LogP contribution in [0.5, 0.6) is 51.7 Å². The van der Waals surface area contributed by atoms with Gasteiger partial charge in [0.1, 0.15) is 12.2 Å². The highest BCUT2D eigenvalue weighted by Crippen LogP contribution is 2.61. The van der Waals surface area contributed by atoms with E-state index in [0.29, 0.717) is 6.07 Å². The minimum atomic E-state index is -2.41. The lowest BCUT2D eigenvalue weighted by Crippen LogP contribution is -2.54. The van der Waals surface area contributed by atoms with Gasteiger partial charge < -0.3 is 75.5 Å². The van der Waals surface area contributed by atoms with Crippen molar-refractivity contribution in [2.45, 2.75) is 30.5 Å². The maximum Gasteiger partial charge on any atom is 0.340 e. The molecule has 0 aromatic heterocycles. The number of aromatic hydroxyl groups is 9. The number of aliphatic hydroxyl groups excluding tert-OH is 3. The molecule has 4 aliphatic heterocycles. The molecule has 3 aromatic rings. The van der Waals surface area contributed by atoms with Crippen molar-refractivity contribution in [3.05, 3.63) is 28.3 Å². The first-order valence-electron chi connectivity index (χ1n) is 12.6. The lowest BCUT2D eigenvalue weighted by Gasteiger charge is -2.39. The molecule has 3 aromatic carbocycles. The maximum atomic E-state index is 14.0. The quantitative estimate of drug-likeness (QED) is 0.0902. The van der Waals surface area contributed by atoms with Gasteiger partial charge in [0.2, 0.25) is 17.2 Å². The van der Waals surface area contributed by atoms with Crippen LogP contribution in [-0.4, -0.2) is 110 Å². The number of hydrogen-bond donors (Lipinski definition) is 12. The number of carbonyl (C=O) groups is 3. The number of fused-ring (bicyclic) bond motifs is 3. The number of ether oxygens (including phenoxy) is 3. The summed E-state index contributed by atoms with van der Waals surface area (Å²) in [6, 6.07) is 0.462. The minimum Gasteiger partial charge on any atom is -0.504 e. The molecular formula is C27H20O18. The Bertz CT molecular complexity index is 1880. The number of hydrogen-bond acceptors (Lipinski definition) is 18. The van der Waals surface area contributed by atoms with Crippen molar-refractivity contribution in [2.75, 3.05) is 6.61 Å². The van der Waals surface area contributed by atoms with Gasteiger partial charge in [-0.05, 0) is 6.07 Å². The number of rotatable bonds is 1. The Labute approximate surface area is 247 Å². The van der Waals surface area contributed by atoms with Gasteiger partial charge in [0.25, 0.3) is 0 Å². The second-order valence-corrected chi connectivity index (χ2v) is 10.2. The molecule has 0 saturated carbocycles. The molecule has 45 heavy (non-hydrogen) atoms. The summed E-state index contributed by atoms with van der Waals surface area (Å²) in [4.78, 5) is 40.9. The van der Waals surface area contributed by atoms with E-state index in [1.165, 1.54) is 0 Å². The molecular weight excluding hydrogens is 612 g/mol. The molecule has 7 rings (SSSR count). The number of esters is 3. The van der Waals surface area contributed by atoms with Gasteiger partial charge in [-0.1, -0.05) is 0 Å². The van der Waals surface area contributed by atoms with E-state index >= 15 is 0 Å². The highest BCUT2D eigenvalue weighted by molar-refractivity contribution is 6.16. The fourth-order valence-electron chi connectivity index (χ4n) is 5.73. The Morgan fingerprint density at radius 2 is 1.02 bits per heavy atom. The molecule has 0 spiro atoms. The van der Waals surface area contributed by atoms with E-state index in [2.05, 4.69) is 0 Å². The van der Waals surface area contributed by atoms with Crippen LogP contribution < -0.4 is 0 Å². The summed E-state index contributed by atoms with van der Waals surface area (Å²) >= 11 is 0. The number of cyclic esters (lactones) is 1. The van der Waals surface area contributed by atoms with Gasteiger partial charge in [-0.2, -0.15) is 0 Å². The Kier molecular flexibility index (Phi) is 6.22. The average molecular weight is 632 g/mol. The van der Waals surface area contributed by atoms with Gasteiger partial charge in [-0.15, -0.1) is 0 Å². The van der Waals surface area contributed by atoms with Crippen LogP contribution in [0.3, 0.4) is 0 Å². The van der Waals surface area contributed by atoms with Crippen molar-refractivity contribution in [1.29, 1.82) is 0 Å². The van der Waals surface area contributed by atoms with Crippen LogP contribution in [0.25, 0.3) is 22.3 Å². The molecule has 0 aliphatic carbocycles. The summed E-state index contributed by atoms with van der Waals surface area (Å²) in [5.74, 6) is -17.7. The van der Waals surface area contributed by atoms with Gasteiger partial charge in [-0.3, -0.25) is 0 Å². The average Bonchev–Trinajstić information content (AvgIpc) is 3.01. The molecule has 6 bridgehead atoms. The Hall–Kier alpha value is -5.85. The second-order valence-electron chi connectivity index (χ2n) is 10.2. The van der Waals surface area contributed by atoms with Crippen molar-refractivity contribution < 1.29 is 89.9 Å². The summed E-state index contributed by atoms with van der Waals surface area (Å²) in [5, 5.41) is 129. The molecule has 0 unspecified atom stereocenters. The minimum absolute atomic E-state index is 0.462. The number of carbonyl (C=O) groups excluding carboxylic acids is 3. The Morgan fingerprint density at radius 1 is 0.533 bits per heavy atom. The molecule has 0 saturated heterocycles. The van der Waals surface area contributed by atoms with Crippen molar-refractivity contribution in [3.8, 4) is 74.0 Å². The third kappa shape index (κ3) is 3.70. The second kappa shape index (κ2) is 9.58. The molecule has 236 valence electrons. The molecule has 12 N–H and O–H groups in total. The largest absolute Gasteiger partial charge is 0.504 e. The third-order valence-corrected chi connectivity index (χ3v) is 7.84. The van der Waals surface area contributed by atoms with Crippen molar-refractivity contribution in [3.63, 3.8) is 0 Å². The van der Waals surface area contributed by atoms with Crippen molar-refractivity contribution >= 4 is 17.9 Å². The number of benzene rings is 3. The third-order valence-electron chi connectivity index (χ3n) is 7.84. The lowest BCUT2D eigenvalue weighted by atomic mass is 9.80. The van der Waals surface area contributed by atoms with Crippen LogP contribution in [0.1, 0.15) is 42.7 Å². The molecule has 5 atom stereocenters. The van der Waals surface area contributed by atoms with Gasteiger partial charge in [-0.25, -0.2) is 14.4 Å². The molecule has 18 heteroatoms.